The van der Waals surface area contributed by atoms with Gasteiger partial charge in [0.2, 0.25) is 0 Å². The molecule has 2 unspecified atom stereocenters. The predicted molar refractivity (Wildman–Crippen MR) is 86.4 cm³/mol. The third-order valence-corrected chi connectivity index (χ3v) is 5.23. The molecule has 3 N–H and O–H groups in total. The largest absolute Gasteiger partial charge is 0.377 e. The van der Waals surface area contributed by atoms with Gasteiger partial charge in [-0.2, -0.15) is 0 Å². The molecule has 19 heavy (non-hydrogen) atoms. The topological polar surface area (TPSA) is 38.0 Å². The number of halogens is 1. The highest BCUT2D eigenvalue weighted by atomic mass is 79.9. The molecule has 0 radical (unpaired) electrons. The van der Waals surface area contributed by atoms with Gasteiger partial charge < -0.3 is 11.1 Å². The first-order chi connectivity index (χ1) is 9.19. The lowest BCUT2D eigenvalue weighted by Crippen LogP contribution is -2.45. The van der Waals surface area contributed by atoms with Crippen LogP contribution in [0.25, 0.3) is 0 Å². The molecule has 2 rings (SSSR count). The lowest BCUT2D eigenvalue weighted by atomic mass is 9.89. The van der Waals surface area contributed by atoms with Crippen LogP contribution in [0.1, 0.15) is 45.4 Å². The smallest absolute Gasteiger partial charge is 0.0496 e. The summed E-state index contributed by atoms with van der Waals surface area (Å²) in [6.07, 6.45) is 7.61. The molecular formula is C16H25BrN2. The van der Waals surface area contributed by atoms with E-state index in [9.17, 15) is 0 Å². The summed E-state index contributed by atoms with van der Waals surface area (Å²) >= 11 is 3.62. The lowest BCUT2D eigenvalue weighted by molar-refractivity contribution is 0.398. The number of para-hydroxylation sites is 1. The Kier molecular flexibility index (Phi) is 5.28. The maximum absolute atomic E-state index is 6.11. The Balaban J connectivity index is 2.12. The zero-order valence-electron chi connectivity index (χ0n) is 11.8. The molecule has 2 atom stereocenters. The van der Waals surface area contributed by atoms with E-state index in [1.54, 1.807) is 0 Å². The van der Waals surface area contributed by atoms with Gasteiger partial charge in [0.1, 0.15) is 0 Å². The summed E-state index contributed by atoms with van der Waals surface area (Å²) in [7, 11) is 0. The van der Waals surface area contributed by atoms with Crippen molar-refractivity contribution in [2.24, 2.45) is 11.7 Å². The van der Waals surface area contributed by atoms with E-state index in [1.165, 1.54) is 44.2 Å². The second kappa shape index (κ2) is 6.76. The van der Waals surface area contributed by atoms with Crippen molar-refractivity contribution in [1.29, 1.82) is 0 Å². The zero-order valence-corrected chi connectivity index (χ0v) is 13.4. The van der Waals surface area contributed by atoms with Gasteiger partial charge in [-0.15, -0.1) is 0 Å². The highest BCUT2D eigenvalue weighted by Gasteiger charge is 2.31. The van der Waals surface area contributed by atoms with E-state index in [4.69, 9.17) is 5.73 Å². The average Bonchev–Trinajstić information content (AvgIpc) is 2.64. The first-order valence-electron chi connectivity index (χ1n) is 7.42. The normalized spacial score (nSPS) is 27.8. The van der Waals surface area contributed by atoms with Crippen LogP contribution in [0.4, 0.5) is 5.69 Å². The number of nitrogens with one attached hydrogen (secondary N) is 1. The minimum atomic E-state index is 0.0772. The molecule has 1 aromatic rings. The summed E-state index contributed by atoms with van der Waals surface area (Å²) < 4.78 is 1.12. The second-order valence-corrected chi connectivity index (χ2v) is 6.65. The van der Waals surface area contributed by atoms with Gasteiger partial charge in [0, 0.05) is 22.2 Å². The Morgan fingerprint density at radius 1 is 1.32 bits per heavy atom. The summed E-state index contributed by atoms with van der Waals surface area (Å²) in [5, 5.41) is 3.73. The molecule has 1 fully saturated rings. The monoisotopic (exact) mass is 324 g/mol. The number of hydrogen-bond donors (Lipinski definition) is 2. The van der Waals surface area contributed by atoms with Crippen LogP contribution in [0, 0.1) is 5.92 Å². The highest BCUT2D eigenvalue weighted by Crippen LogP contribution is 2.35. The summed E-state index contributed by atoms with van der Waals surface area (Å²) in [4.78, 5) is 0. The van der Waals surface area contributed by atoms with Crippen LogP contribution in [0.3, 0.4) is 0 Å². The molecule has 1 saturated carbocycles. The van der Waals surface area contributed by atoms with Crippen LogP contribution in [0.15, 0.2) is 28.7 Å². The Hall–Kier alpha value is -0.540. The van der Waals surface area contributed by atoms with Crippen LogP contribution < -0.4 is 11.1 Å². The lowest BCUT2D eigenvalue weighted by Gasteiger charge is -2.34. The van der Waals surface area contributed by atoms with Crippen molar-refractivity contribution in [3.63, 3.8) is 0 Å². The number of anilines is 1. The fourth-order valence-corrected chi connectivity index (χ4v) is 3.50. The molecule has 0 saturated heterocycles. The van der Waals surface area contributed by atoms with Crippen LogP contribution in [0.2, 0.25) is 0 Å². The highest BCUT2D eigenvalue weighted by molar-refractivity contribution is 9.10. The van der Waals surface area contributed by atoms with E-state index < -0.39 is 0 Å². The molecule has 0 heterocycles. The molecule has 0 aliphatic heterocycles. The maximum atomic E-state index is 6.11. The van der Waals surface area contributed by atoms with Crippen molar-refractivity contribution < 1.29 is 0 Å². The van der Waals surface area contributed by atoms with Gasteiger partial charge in [0.05, 0.1) is 0 Å². The maximum Gasteiger partial charge on any atom is 0.0496 e. The quantitative estimate of drug-likeness (QED) is 0.797. The van der Waals surface area contributed by atoms with Crippen LogP contribution >= 0.6 is 15.9 Å². The van der Waals surface area contributed by atoms with E-state index in [0.29, 0.717) is 6.54 Å². The van der Waals surface area contributed by atoms with Gasteiger partial charge in [0.15, 0.2) is 0 Å². The molecule has 2 nitrogen and oxygen atoms in total. The molecule has 0 bridgehead atoms. The number of rotatable bonds is 4. The van der Waals surface area contributed by atoms with Gasteiger partial charge in [-0.25, -0.2) is 0 Å². The molecule has 0 aromatic heterocycles. The van der Waals surface area contributed by atoms with Crippen molar-refractivity contribution in [2.45, 2.75) is 51.0 Å². The summed E-state index contributed by atoms with van der Waals surface area (Å²) in [6.45, 7) is 3.02. The molecule has 106 valence electrons. The van der Waals surface area contributed by atoms with Crippen molar-refractivity contribution >= 4 is 21.6 Å². The minimum Gasteiger partial charge on any atom is -0.377 e. The first-order valence-corrected chi connectivity index (χ1v) is 8.21. The van der Waals surface area contributed by atoms with Gasteiger partial charge in [-0.05, 0) is 53.2 Å². The number of nitrogens with two attached hydrogens (primary N) is 1. The third-order valence-electron chi connectivity index (χ3n) is 4.54. The Bertz CT molecular complexity index is 407. The third kappa shape index (κ3) is 3.73. The molecule has 1 aliphatic carbocycles. The average molecular weight is 325 g/mol. The molecule has 0 amide bonds. The van der Waals surface area contributed by atoms with Crippen molar-refractivity contribution in [3.05, 3.63) is 28.7 Å². The van der Waals surface area contributed by atoms with E-state index in [0.717, 1.165) is 10.4 Å². The zero-order chi connectivity index (χ0) is 13.7. The van der Waals surface area contributed by atoms with E-state index in [-0.39, 0.29) is 5.54 Å². The molecule has 1 aliphatic rings. The van der Waals surface area contributed by atoms with E-state index in [2.05, 4.69) is 46.4 Å². The van der Waals surface area contributed by atoms with Crippen molar-refractivity contribution in [1.82, 2.24) is 0 Å². The van der Waals surface area contributed by atoms with Gasteiger partial charge in [-0.3, -0.25) is 0 Å². The van der Waals surface area contributed by atoms with Crippen molar-refractivity contribution in [3.8, 4) is 0 Å². The minimum absolute atomic E-state index is 0.0772. The van der Waals surface area contributed by atoms with Crippen LogP contribution in [-0.4, -0.2) is 12.1 Å². The van der Waals surface area contributed by atoms with E-state index in [1.807, 2.05) is 6.07 Å². The Labute approximate surface area is 125 Å². The summed E-state index contributed by atoms with van der Waals surface area (Å²) in [6, 6.07) is 8.33. The van der Waals surface area contributed by atoms with Crippen molar-refractivity contribution in [2.75, 3.05) is 11.9 Å². The van der Waals surface area contributed by atoms with Gasteiger partial charge in [0.25, 0.3) is 0 Å². The summed E-state index contributed by atoms with van der Waals surface area (Å²) in [5.41, 5.74) is 7.36. The molecule has 1 aromatic carbocycles. The predicted octanol–water partition coefficient (Wildman–Crippen LogP) is 4.55. The van der Waals surface area contributed by atoms with E-state index >= 15 is 0 Å². The Morgan fingerprint density at radius 2 is 2.11 bits per heavy atom. The van der Waals surface area contributed by atoms with Crippen LogP contribution in [-0.2, 0) is 0 Å². The standard InChI is InChI=1S/C16H25BrN2/c1-2-13-6-5-10-16(12-18,11-9-13)19-15-8-4-3-7-14(15)17/h3-4,7-8,13,19H,2,5-6,9-12,18H2,1H3. The SMILES string of the molecule is CCC1CCCC(CN)(Nc2ccccc2Br)CC1. The van der Waals surface area contributed by atoms with Gasteiger partial charge >= 0.3 is 0 Å². The fraction of sp³-hybridized carbons (Fsp3) is 0.625. The molecular weight excluding hydrogens is 300 g/mol. The first kappa shape index (κ1) is 14.9. The fourth-order valence-electron chi connectivity index (χ4n) is 3.12. The molecule has 0 spiro atoms. The Morgan fingerprint density at radius 3 is 2.79 bits per heavy atom. The number of benzene rings is 1. The summed E-state index contributed by atoms with van der Waals surface area (Å²) in [5.74, 6) is 0.884. The second-order valence-electron chi connectivity index (χ2n) is 5.79. The van der Waals surface area contributed by atoms with Gasteiger partial charge in [-0.1, -0.05) is 38.3 Å². The van der Waals surface area contributed by atoms with Crippen LogP contribution in [0.5, 0.6) is 0 Å². The molecule has 3 heteroatoms. The number of hydrogen-bond acceptors (Lipinski definition) is 2.